The molecule has 0 amide bonds. The Hall–Kier alpha value is -2.16. The second kappa shape index (κ2) is 6.85. The number of hydrogen-bond donors (Lipinski definition) is 1. The van der Waals surface area contributed by atoms with Crippen LogP contribution in [0, 0.1) is 5.92 Å². The summed E-state index contributed by atoms with van der Waals surface area (Å²) in [6.07, 6.45) is 5.68. The second-order valence-corrected chi connectivity index (χ2v) is 5.18. The highest BCUT2D eigenvalue weighted by Gasteiger charge is 2.07. The van der Waals surface area contributed by atoms with Crippen LogP contribution in [-0.4, -0.2) is 16.1 Å². The Labute approximate surface area is 119 Å². The van der Waals surface area contributed by atoms with E-state index in [4.69, 9.17) is 5.11 Å². The van der Waals surface area contributed by atoms with E-state index in [1.165, 1.54) is 5.56 Å². The molecular formula is C17H19NO2. The summed E-state index contributed by atoms with van der Waals surface area (Å²) in [5, 5.41) is 8.74. The standard InChI is InChI=1S/C17H19NO2/c1-13(11-17(19)20)4-5-14-6-8-15(9-7-14)16-3-2-10-18-12-16/h2-3,6-10,12-13H,4-5,11H2,1H3,(H,19,20). The fourth-order valence-electron chi connectivity index (χ4n) is 2.21. The fourth-order valence-corrected chi connectivity index (χ4v) is 2.21. The molecule has 1 N–H and O–H groups in total. The Balaban J connectivity index is 1.94. The van der Waals surface area contributed by atoms with Gasteiger partial charge in [0.2, 0.25) is 0 Å². The summed E-state index contributed by atoms with van der Waals surface area (Å²) in [7, 11) is 0. The van der Waals surface area contributed by atoms with E-state index in [9.17, 15) is 4.79 Å². The number of aliphatic carboxylic acids is 1. The van der Waals surface area contributed by atoms with E-state index >= 15 is 0 Å². The van der Waals surface area contributed by atoms with Gasteiger partial charge in [0.15, 0.2) is 0 Å². The lowest BCUT2D eigenvalue weighted by atomic mass is 9.97. The summed E-state index contributed by atoms with van der Waals surface area (Å²) in [5.74, 6) is -0.505. The first-order valence-electron chi connectivity index (χ1n) is 6.86. The Bertz CT molecular complexity index is 549. The number of carboxylic acids is 1. The molecule has 0 bridgehead atoms. The molecule has 3 heteroatoms. The van der Waals surface area contributed by atoms with E-state index in [0.717, 1.165) is 24.0 Å². The number of carbonyl (C=O) groups is 1. The van der Waals surface area contributed by atoms with Gasteiger partial charge in [0.25, 0.3) is 0 Å². The van der Waals surface area contributed by atoms with Crippen molar-refractivity contribution in [2.24, 2.45) is 5.92 Å². The van der Waals surface area contributed by atoms with Crippen molar-refractivity contribution in [2.75, 3.05) is 0 Å². The van der Waals surface area contributed by atoms with Crippen molar-refractivity contribution in [2.45, 2.75) is 26.2 Å². The molecule has 0 spiro atoms. The molecule has 1 aromatic heterocycles. The van der Waals surface area contributed by atoms with Gasteiger partial charge in [0.05, 0.1) is 0 Å². The van der Waals surface area contributed by atoms with Crippen LogP contribution < -0.4 is 0 Å². The van der Waals surface area contributed by atoms with E-state index in [1.807, 2.05) is 25.3 Å². The number of nitrogens with zero attached hydrogens (tertiary/aromatic N) is 1. The van der Waals surface area contributed by atoms with Gasteiger partial charge in [0, 0.05) is 18.8 Å². The van der Waals surface area contributed by atoms with Crippen LogP contribution in [0.5, 0.6) is 0 Å². The zero-order valence-corrected chi connectivity index (χ0v) is 11.6. The Morgan fingerprint density at radius 1 is 1.20 bits per heavy atom. The van der Waals surface area contributed by atoms with Gasteiger partial charge in [-0.2, -0.15) is 0 Å². The molecular weight excluding hydrogens is 250 g/mol. The zero-order chi connectivity index (χ0) is 14.4. The van der Waals surface area contributed by atoms with Crippen molar-refractivity contribution >= 4 is 5.97 Å². The largest absolute Gasteiger partial charge is 0.481 e. The first-order chi connectivity index (χ1) is 9.65. The first kappa shape index (κ1) is 14.3. The molecule has 1 unspecified atom stereocenters. The molecule has 104 valence electrons. The van der Waals surface area contributed by atoms with Crippen LogP contribution in [0.1, 0.15) is 25.3 Å². The highest BCUT2D eigenvalue weighted by molar-refractivity contribution is 5.67. The predicted molar refractivity (Wildman–Crippen MR) is 79.4 cm³/mol. The molecule has 0 saturated heterocycles. The summed E-state index contributed by atoms with van der Waals surface area (Å²) in [4.78, 5) is 14.7. The Morgan fingerprint density at radius 3 is 2.55 bits per heavy atom. The van der Waals surface area contributed by atoms with Gasteiger partial charge in [0.1, 0.15) is 0 Å². The van der Waals surface area contributed by atoms with Crippen molar-refractivity contribution in [3.63, 3.8) is 0 Å². The lowest BCUT2D eigenvalue weighted by Crippen LogP contribution is -2.05. The third kappa shape index (κ3) is 4.19. The average Bonchev–Trinajstić information content (AvgIpc) is 2.46. The monoisotopic (exact) mass is 269 g/mol. The van der Waals surface area contributed by atoms with Crippen LogP contribution in [0.4, 0.5) is 0 Å². The van der Waals surface area contributed by atoms with Gasteiger partial charge in [-0.3, -0.25) is 9.78 Å². The van der Waals surface area contributed by atoms with Crippen molar-refractivity contribution in [1.82, 2.24) is 4.98 Å². The van der Waals surface area contributed by atoms with Gasteiger partial charge >= 0.3 is 5.97 Å². The van der Waals surface area contributed by atoms with Crippen molar-refractivity contribution in [3.8, 4) is 11.1 Å². The molecule has 1 heterocycles. The third-order valence-electron chi connectivity index (χ3n) is 3.40. The number of benzene rings is 1. The number of pyridine rings is 1. The van der Waals surface area contributed by atoms with Crippen molar-refractivity contribution in [1.29, 1.82) is 0 Å². The molecule has 0 aliphatic rings. The maximum absolute atomic E-state index is 10.6. The lowest BCUT2D eigenvalue weighted by molar-refractivity contribution is -0.138. The Kier molecular flexibility index (Phi) is 4.88. The molecule has 0 aliphatic heterocycles. The fraction of sp³-hybridized carbons (Fsp3) is 0.294. The second-order valence-electron chi connectivity index (χ2n) is 5.18. The maximum Gasteiger partial charge on any atom is 0.303 e. The summed E-state index contributed by atoms with van der Waals surface area (Å²) >= 11 is 0. The molecule has 3 nitrogen and oxygen atoms in total. The summed E-state index contributed by atoms with van der Waals surface area (Å²) in [6.45, 7) is 1.98. The normalized spacial score (nSPS) is 12.1. The van der Waals surface area contributed by atoms with Crippen molar-refractivity contribution in [3.05, 3.63) is 54.4 Å². The Morgan fingerprint density at radius 2 is 1.95 bits per heavy atom. The van der Waals surface area contributed by atoms with Gasteiger partial charge in [-0.15, -0.1) is 0 Å². The van der Waals surface area contributed by atoms with Gasteiger partial charge < -0.3 is 5.11 Å². The summed E-state index contributed by atoms with van der Waals surface area (Å²) in [5.41, 5.74) is 3.51. The molecule has 0 aliphatic carbocycles. The minimum atomic E-state index is -0.718. The average molecular weight is 269 g/mol. The van der Waals surface area contributed by atoms with Crippen LogP contribution in [0.15, 0.2) is 48.8 Å². The molecule has 2 rings (SSSR count). The van der Waals surface area contributed by atoms with E-state index in [0.29, 0.717) is 0 Å². The van der Waals surface area contributed by atoms with Crippen LogP contribution >= 0.6 is 0 Å². The van der Waals surface area contributed by atoms with Crippen LogP contribution in [-0.2, 0) is 11.2 Å². The molecule has 0 radical (unpaired) electrons. The summed E-state index contributed by atoms with van der Waals surface area (Å²) < 4.78 is 0. The summed E-state index contributed by atoms with van der Waals surface area (Å²) in [6, 6.07) is 12.4. The highest BCUT2D eigenvalue weighted by atomic mass is 16.4. The number of carboxylic acid groups (broad SMARTS) is 1. The number of hydrogen-bond acceptors (Lipinski definition) is 2. The SMILES string of the molecule is CC(CCc1ccc(-c2cccnc2)cc1)CC(=O)O. The highest BCUT2D eigenvalue weighted by Crippen LogP contribution is 2.20. The smallest absolute Gasteiger partial charge is 0.303 e. The van der Waals surface area contributed by atoms with E-state index < -0.39 is 5.97 Å². The van der Waals surface area contributed by atoms with E-state index in [-0.39, 0.29) is 12.3 Å². The quantitative estimate of drug-likeness (QED) is 0.868. The van der Waals surface area contributed by atoms with Gasteiger partial charge in [-0.05, 0) is 41.5 Å². The third-order valence-corrected chi connectivity index (χ3v) is 3.40. The number of aryl methyl sites for hydroxylation is 1. The topological polar surface area (TPSA) is 50.2 Å². The molecule has 0 saturated carbocycles. The lowest BCUT2D eigenvalue weighted by Gasteiger charge is -2.09. The number of aromatic nitrogens is 1. The predicted octanol–water partition coefficient (Wildman–Crippen LogP) is 3.79. The van der Waals surface area contributed by atoms with Crippen molar-refractivity contribution < 1.29 is 9.90 Å². The minimum Gasteiger partial charge on any atom is -0.481 e. The molecule has 1 atom stereocenters. The molecule has 2 aromatic rings. The van der Waals surface area contributed by atoms with Gasteiger partial charge in [-0.1, -0.05) is 37.3 Å². The minimum absolute atomic E-state index is 0.213. The van der Waals surface area contributed by atoms with E-state index in [1.54, 1.807) is 6.20 Å². The van der Waals surface area contributed by atoms with Crippen LogP contribution in [0.3, 0.4) is 0 Å². The van der Waals surface area contributed by atoms with Crippen LogP contribution in [0.2, 0.25) is 0 Å². The number of rotatable bonds is 6. The van der Waals surface area contributed by atoms with Gasteiger partial charge in [-0.25, -0.2) is 0 Å². The maximum atomic E-state index is 10.6. The molecule has 20 heavy (non-hydrogen) atoms. The molecule has 1 aromatic carbocycles. The zero-order valence-electron chi connectivity index (χ0n) is 11.6. The van der Waals surface area contributed by atoms with Crippen LogP contribution in [0.25, 0.3) is 11.1 Å². The molecule has 0 fully saturated rings. The van der Waals surface area contributed by atoms with E-state index in [2.05, 4.69) is 29.2 Å². The first-order valence-corrected chi connectivity index (χ1v) is 6.86.